The van der Waals surface area contributed by atoms with Crippen LogP contribution < -0.4 is 0 Å². The number of benzene rings is 1. The first-order chi connectivity index (χ1) is 5.34. The quantitative estimate of drug-likeness (QED) is 0.632. The predicted octanol–water partition coefficient (Wildman–Crippen LogP) is 3.47. The average Bonchev–Trinajstić information content (AvgIpc) is 2.03. The summed E-state index contributed by atoms with van der Waals surface area (Å²) in [4.78, 5) is 1.29. The van der Waals surface area contributed by atoms with Crippen LogP contribution in [0.4, 0.5) is 0 Å². The highest BCUT2D eigenvalue weighted by Gasteiger charge is 1.96. The Bertz CT molecular complexity index is 225. The van der Waals surface area contributed by atoms with Gasteiger partial charge in [-0.2, -0.15) is 12.6 Å². The van der Waals surface area contributed by atoms with Crippen molar-refractivity contribution in [2.75, 3.05) is 11.5 Å². The Hall–Kier alpha value is 0.400. The maximum Gasteiger partial charge on any atom is 0.0311 e. The van der Waals surface area contributed by atoms with E-state index in [0.29, 0.717) is 0 Å². The van der Waals surface area contributed by atoms with E-state index >= 15 is 0 Å². The number of thiol groups is 1. The van der Waals surface area contributed by atoms with E-state index in [1.807, 2.05) is 23.9 Å². The van der Waals surface area contributed by atoms with Crippen LogP contribution >= 0.6 is 40.3 Å². The van der Waals surface area contributed by atoms with Gasteiger partial charge < -0.3 is 0 Å². The molecule has 1 aromatic rings. The molecule has 0 fully saturated rings. The number of rotatable bonds is 3. The van der Waals surface area contributed by atoms with Gasteiger partial charge in [0.2, 0.25) is 0 Å². The van der Waals surface area contributed by atoms with E-state index in [4.69, 9.17) is 0 Å². The molecule has 0 unspecified atom stereocenters. The Labute approximate surface area is 85.3 Å². The summed E-state index contributed by atoms with van der Waals surface area (Å²) in [6.07, 6.45) is 0. The number of halogens is 1. The number of hydrogen-bond donors (Lipinski definition) is 1. The maximum atomic E-state index is 4.15. The van der Waals surface area contributed by atoms with E-state index < -0.39 is 0 Å². The lowest BCUT2D eigenvalue weighted by Gasteiger charge is -2.00. The van der Waals surface area contributed by atoms with Crippen molar-refractivity contribution in [3.05, 3.63) is 28.7 Å². The smallest absolute Gasteiger partial charge is 0.0311 e. The fraction of sp³-hybridized carbons (Fsp3) is 0.250. The third-order valence-corrected chi connectivity index (χ3v) is 3.74. The largest absolute Gasteiger partial charge is 0.178 e. The zero-order valence-corrected chi connectivity index (χ0v) is 9.25. The van der Waals surface area contributed by atoms with Gasteiger partial charge in [-0.05, 0) is 33.8 Å². The second-order valence-electron chi connectivity index (χ2n) is 2.00. The Morgan fingerprint density at radius 1 is 1.36 bits per heavy atom. The molecule has 1 rings (SSSR count). The van der Waals surface area contributed by atoms with Crippen LogP contribution in [0, 0.1) is 0 Å². The van der Waals surface area contributed by atoms with Crippen molar-refractivity contribution in [1.82, 2.24) is 0 Å². The lowest BCUT2D eigenvalue weighted by atomic mass is 10.4. The molecule has 0 aliphatic rings. The molecule has 0 aliphatic heterocycles. The molecule has 11 heavy (non-hydrogen) atoms. The fourth-order valence-corrected chi connectivity index (χ4v) is 2.31. The molecule has 0 saturated carbocycles. The Morgan fingerprint density at radius 3 is 2.73 bits per heavy atom. The lowest BCUT2D eigenvalue weighted by molar-refractivity contribution is 1.39. The first-order valence-corrected chi connectivity index (χ1v) is 5.74. The molecule has 0 heterocycles. The van der Waals surface area contributed by atoms with E-state index in [1.165, 1.54) is 9.37 Å². The molecular weight excluding hydrogens is 240 g/mol. The van der Waals surface area contributed by atoms with Crippen LogP contribution in [0.5, 0.6) is 0 Å². The third kappa shape index (κ3) is 3.09. The normalized spacial score (nSPS) is 10.0. The van der Waals surface area contributed by atoms with E-state index in [9.17, 15) is 0 Å². The molecule has 0 radical (unpaired) electrons. The highest BCUT2D eigenvalue weighted by atomic mass is 79.9. The summed E-state index contributed by atoms with van der Waals surface area (Å²) in [5, 5.41) is 0. The molecule has 60 valence electrons. The average molecular weight is 249 g/mol. The van der Waals surface area contributed by atoms with Crippen molar-refractivity contribution >= 4 is 40.3 Å². The fourth-order valence-electron chi connectivity index (χ4n) is 0.717. The van der Waals surface area contributed by atoms with E-state index in [-0.39, 0.29) is 0 Å². The Morgan fingerprint density at radius 2 is 2.09 bits per heavy atom. The Balaban J connectivity index is 2.62. The zero-order valence-electron chi connectivity index (χ0n) is 5.96. The second-order valence-corrected chi connectivity index (χ2v) is 4.44. The van der Waals surface area contributed by atoms with E-state index in [2.05, 4.69) is 40.7 Å². The third-order valence-electron chi connectivity index (χ3n) is 1.19. The van der Waals surface area contributed by atoms with Gasteiger partial charge in [0.05, 0.1) is 0 Å². The Kier molecular flexibility index (Phi) is 4.41. The van der Waals surface area contributed by atoms with E-state index in [0.717, 1.165) is 11.5 Å². The highest BCUT2D eigenvalue weighted by molar-refractivity contribution is 9.10. The van der Waals surface area contributed by atoms with Crippen LogP contribution in [0.3, 0.4) is 0 Å². The van der Waals surface area contributed by atoms with Crippen molar-refractivity contribution < 1.29 is 0 Å². The van der Waals surface area contributed by atoms with Gasteiger partial charge in [0.1, 0.15) is 0 Å². The van der Waals surface area contributed by atoms with Crippen LogP contribution in [0.2, 0.25) is 0 Å². The van der Waals surface area contributed by atoms with Crippen molar-refractivity contribution in [2.24, 2.45) is 0 Å². The minimum absolute atomic E-state index is 0.923. The van der Waals surface area contributed by atoms with Crippen molar-refractivity contribution in [3.8, 4) is 0 Å². The van der Waals surface area contributed by atoms with Crippen molar-refractivity contribution in [1.29, 1.82) is 0 Å². The lowest BCUT2D eigenvalue weighted by Crippen LogP contribution is -1.79. The van der Waals surface area contributed by atoms with Crippen LogP contribution in [-0.4, -0.2) is 11.5 Å². The molecule has 0 saturated heterocycles. The molecule has 0 aromatic heterocycles. The minimum Gasteiger partial charge on any atom is -0.178 e. The molecule has 1 aromatic carbocycles. The monoisotopic (exact) mass is 248 g/mol. The molecule has 0 spiro atoms. The molecule has 0 N–H and O–H groups in total. The number of hydrogen-bond acceptors (Lipinski definition) is 2. The molecule has 0 atom stereocenters. The highest BCUT2D eigenvalue weighted by Crippen LogP contribution is 2.26. The van der Waals surface area contributed by atoms with Crippen molar-refractivity contribution in [3.63, 3.8) is 0 Å². The molecule has 0 nitrogen and oxygen atoms in total. The summed E-state index contributed by atoms with van der Waals surface area (Å²) in [6.45, 7) is 0. The topological polar surface area (TPSA) is 0 Å². The minimum atomic E-state index is 0.923. The van der Waals surface area contributed by atoms with Gasteiger partial charge in [0.15, 0.2) is 0 Å². The summed E-state index contributed by atoms with van der Waals surface area (Å²) in [6, 6.07) is 8.24. The van der Waals surface area contributed by atoms with E-state index in [1.54, 1.807) is 0 Å². The second kappa shape index (κ2) is 5.12. The summed E-state index contributed by atoms with van der Waals surface area (Å²) >= 11 is 9.45. The SMILES string of the molecule is SCCSc1ccccc1Br. The number of thioether (sulfide) groups is 1. The molecular formula is C8H9BrS2. The molecule has 0 aliphatic carbocycles. The summed E-state index contributed by atoms with van der Waals surface area (Å²) in [7, 11) is 0. The summed E-state index contributed by atoms with van der Waals surface area (Å²) in [5.41, 5.74) is 0. The predicted molar refractivity (Wildman–Crippen MR) is 58.7 cm³/mol. The molecule has 3 heteroatoms. The first kappa shape index (κ1) is 9.49. The van der Waals surface area contributed by atoms with Gasteiger partial charge in [0.25, 0.3) is 0 Å². The van der Waals surface area contributed by atoms with Gasteiger partial charge in [-0.25, -0.2) is 0 Å². The van der Waals surface area contributed by atoms with Crippen LogP contribution in [0.25, 0.3) is 0 Å². The summed E-state index contributed by atoms with van der Waals surface area (Å²) in [5.74, 6) is 1.98. The maximum absolute atomic E-state index is 4.15. The zero-order chi connectivity index (χ0) is 8.10. The van der Waals surface area contributed by atoms with Crippen LogP contribution in [0.15, 0.2) is 33.6 Å². The van der Waals surface area contributed by atoms with Crippen LogP contribution in [0.1, 0.15) is 0 Å². The van der Waals surface area contributed by atoms with Gasteiger partial charge in [-0.15, -0.1) is 11.8 Å². The first-order valence-electron chi connectivity index (χ1n) is 3.33. The molecule has 0 amide bonds. The summed E-state index contributed by atoms with van der Waals surface area (Å²) < 4.78 is 1.17. The van der Waals surface area contributed by atoms with Crippen LogP contribution in [-0.2, 0) is 0 Å². The van der Waals surface area contributed by atoms with Gasteiger partial charge in [-0.1, -0.05) is 12.1 Å². The molecule has 0 bridgehead atoms. The van der Waals surface area contributed by atoms with Gasteiger partial charge in [-0.3, -0.25) is 0 Å². The van der Waals surface area contributed by atoms with Gasteiger partial charge in [0, 0.05) is 15.1 Å². The standard InChI is InChI=1S/C8H9BrS2/c9-7-3-1-2-4-8(7)11-6-5-10/h1-4,10H,5-6H2. The van der Waals surface area contributed by atoms with Crippen molar-refractivity contribution in [2.45, 2.75) is 4.90 Å². The van der Waals surface area contributed by atoms with Gasteiger partial charge >= 0.3 is 0 Å².